The maximum absolute atomic E-state index is 12.6. The Balaban J connectivity index is 1.65. The summed E-state index contributed by atoms with van der Waals surface area (Å²) >= 11 is 0. The molecular formula is C22H28N2O. The Morgan fingerprint density at radius 3 is 2.00 bits per heavy atom. The van der Waals surface area contributed by atoms with E-state index in [9.17, 15) is 4.79 Å². The first-order valence-electron chi connectivity index (χ1n) is 9.40. The third-order valence-corrected chi connectivity index (χ3v) is 5.11. The van der Waals surface area contributed by atoms with E-state index in [4.69, 9.17) is 0 Å². The van der Waals surface area contributed by atoms with Gasteiger partial charge in [0.25, 0.3) is 0 Å². The molecule has 0 radical (unpaired) electrons. The highest BCUT2D eigenvalue weighted by Gasteiger charge is 2.23. The van der Waals surface area contributed by atoms with Gasteiger partial charge in [0.2, 0.25) is 5.91 Å². The number of hydrogen-bond donors (Lipinski definition) is 0. The van der Waals surface area contributed by atoms with E-state index in [1.807, 2.05) is 35.2 Å². The van der Waals surface area contributed by atoms with E-state index >= 15 is 0 Å². The standard InChI is InChI=1S/C22H28N2O/c1-3-19-11-8-12-20(4-2)22(19)24-15-13-23(14-16-24)21(25)17-18-9-6-5-7-10-18/h5-12H,3-4,13-17H2,1-2H3. The fourth-order valence-electron chi connectivity index (χ4n) is 3.68. The second-order valence-corrected chi connectivity index (χ2v) is 6.66. The normalized spacial score (nSPS) is 14.6. The van der Waals surface area contributed by atoms with Crippen molar-refractivity contribution in [1.29, 1.82) is 0 Å². The molecule has 25 heavy (non-hydrogen) atoms. The summed E-state index contributed by atoms with van der Waals surface area (Å²) in [5, 5.41) is 0. The molecule has 0 aromatic heterocycles. The molecular weight excluding hydrogens is 308 g/mol. The van der Waals surface area contributed by atoms with E-state index in [0.717, 1.165) is 44.6 Å². The minimum atomic E-state index is 0.241. The summed E-state index contributed by atoms with van der Waals surface area (Å²) in [5.74, 6) is 0.241. The number of nitrogens with zero attached hydrogens (tertiary/aromatic N) is 2. The van der Waals surface area contributed by atoms with Crippen LogP contribution < -0.4 is 4.90 Å². The Labute approximate surface area is 151 Å². The van der Waals surface area contributed by atoms with Gasteiger partial charge >= 0.3 is 0 Å². The molecule has 0 bridgehead atoms. The van der Waals surface area contributed by atoms with Crippen LogP contribution in [0.4, 0.5) is 5.69 Å². The van der Waals surface area contributed by atoms with Crippen molar-refractivity contribution in [2.24, 2.45) is 0 Å². The molecule has 0 unspecified atom stereocenters. The summed E-state index contributed by atoms with van der Waals surface area (Å²) in [4.78, 5) is 17.1. The van der Waals surface area contributed by atoms with Crippen LogP contribution in [0.15, 0.2) is 48.5 Å². The first-order valence-corrected chi connectivity index (χ1v) is 9.40. The molecule has 1 fully saturated rings. The number of amides is 1. The molecule has 3 heteroatoms. The Morgan fingerprint density at radius 2 is 1.44 bits per heavy atom. The fraction of sp³-hybridized carbons (Fsp3) is 0.409. The zero-order chi connectivity index (χ0) is 17.6. The molecule has 1 heterocycles. The van der Waals surface area contributed by atoms with Crippen molar-refractivity contribution in [3.05, 3.63) is 65.2 Å². The molecule has 0 spiro atoms. The Kier molecular flexibility index (Phi) is 5.75. The van der Waals surface area contributed by atoms with Crippen LogP contribution in [-0.2, 0) is 24.1 Å². The molecule has 0 N–H and O–H groups in total. The second kappa shape index (κ2) is 8.19. The van der Waals surface area contributed by atoms with Gasteiger partial charge in [-0.1, -0.05) is 62.4 Å². The van der Waals surface area contributed by atoms with Crippen LogP contribution in [0.3, 0.4) is 0 Å². The highest BCUT2D eigenvalue weighted by Crippen LogP contribution is 2.28. The zero-order valence-corrected chi connectivity index (χ0v) is 15.4. The summed E-state index contributed by atoms with van der Waals surface area (Å²) in [7, 11) is 0. The van der Waals surface area contributed by atoms with Crippen LogP contribution in [0.5, 0.6) is 0 Å². The summed E-state index contributed by atoms with van der Waals surface area (Å²) < 4.78 is 0. The minimum Gasteiger partial charge on any atom is -0.368 e. The van der Waals surface area contributed by atoms with Crippen molar-refractivity contribution >= 4 is 11.6 Å². The van der Waals surface area contributed by atoms with E-state index < -0.39 is 0 Å². The highest BCUT2D eigenvalue weighted by molar-refractivity contribution is 5.79. The molecule has 1 saturated heterocycles. The van der Waals surface area contributed by atoms with Crippen LogP contribution in [0.25, 0.3) is 0 Å². The molecule has 1 aliphatic rings. The van der Waals surface area contributed by atoms with E-state index in [2.05, 4.69) is 36.9 Å². The fourth-order valence-corrected chi connectivity index (χ4v) is 3.68. The number of rotatable bonds is 5. The van der Waals surface area contributed by atoms with E-state index in [1.54, 1.807) is 0 Å². The van der Waals surface area contributed by atoms with Crippen molar-refractivity contribution < 1.29 is 4.79 Å². The number of aryl methyl sites for hydroxylation is 2. The lowest BCUT2D eigenvalue weighted by Crippen LogP contribution is -2.49. The lowest BCUT2D eigenvalue weighted by molar-refractivity contribution is -0.130. The van der Waals surface area contributed by atoms with Gasteiger partial charge in [-0.05, 0) is 29.5 Å². The SMILES string of the molecule is CCc1cccc(CC)c1N1CCN(C(=O)Cc2ccccc2)CC1. The third-order valence-electron chi connectivity index (χ3n) is 5.11. The quantitative estimate of drug-likeness (QED) is 0.831. The van der Waals surface area contributed by atoms with Crippen LogP contribution >= 0.6 is 0 Å². The van der Waals surface area contributed by atoms with Crippen LogP contribution in [-0.4, -0.2) is 37.0 Å². The summed E-state index contributed by atoms with van der Waals surface area (Å²) in [6.45, 7) is 7.91. The van der Waals surface area contributed by atoms with Gasteiger partial charge < -0.3 is 9.80 Å². The third kappa shape index (κ3) is 4.04. The molecule has 1 aliphatic heterocycles. The van der Waals surface area contributed by atoms with Gasteiger partial charge in [-0.15, -0.1) is 0 Å². The second-order valence-electron chi connectivity index (χ2n) is 6.66. The predicted octanol–water partition coefficient (Wildman–Crippen LogP) is 3.70. The van der Waals surface area contributed by atoms with Gasteiger partial charge in [0.15, 0.2) is 0 Å². The van der Waals surface area contributed by atoms with Crippen LogP contribution in [0, 0.1) is 0 Å². The van der Waals surface area contributed by atoms with Gasteiger partial charge in [0.05, 0.1) is 6.42 Å². The summed E-state index contributed by atoms with van der Waals surface area (Å²) in [6, 6.07) is 16.7. The molecule has 2 aromatic rings. The lowest BCUT2D eigenvalue weighted by atomic mass is 10.0. The number of hydrogen-bond acceptors (Lipinski definition) is 2. The molecule has 0 saturated carbocycles. The Morgan fingerprint density at radius 1 is 0.840 bits per heavy atom. The van der Waals surface area contributed by atoms with Crippen molar-refractivity contribution in [3.63, 3.8) is 0 Å². The van der Waals surface area contributed by atoms with Crippen molar-refractivity contribution in [2.75, 3.05) is 31.1 Å². The van der Waals surface area contributed by atoms with Gasteiger partial charge in [-0.3, -0.25) is 4.79 Å². The monoisotopic (exact) mass is 336 g/mol. The van der Waals surface area contributed by atoms with Crippen LogP contribution in [0.2, 0.25) is 0 Å². The maximum Gasteiger partial charge on any atom is 0.227 e. The molecule has 1 amide bonds. The van der Waals surface area contributed by atoms with Crippen molar-refractivity contribution in [3.8, 4) is 0 Å². The Hall–Kier alpha value is -2.29. The topological polar surface area (TPSA) is 23.6 Å². The number of carbonyl (C=O) groups excluding carboxylic acids is 1. The number of carbonyl (C=O) groups is 1. The average Bonchev–Trinajstić information content (AvgIpc) is 2.68. The Bertz CT molecular complexity index is 681. The van der Waals surface area contributed by atoms with Gasteiger partial charge in [-0.2, -0.15) is 0 Å². The molecule has 132 valence electrons. The lowest BCUT2D eigenvalue weighted by Gasteiger charge is -2.38. The molecule has 0 atom stereocenters. The molecule has 0 aliphatic carbocycles. The van der Waals surface area contributed by atoms with E-state index in [1.165, 1.54) is 16.8 Å². The minimum absolute atomic E-state index is 0.241. The van der Waals surface area contributed by atoms with Crippen molar-refractivity contribution in [1.82, 2.24) is 4.90 Å². The number of para-hydroxylation sites is 1. The van der Waals surface area contributed by atoms with E-state index in [-0.39, 0.29) is 5.91 Å². The van der Waals surface area contributed by atoms with Crippen molar-refractivity contribution in [2.45, 2.75) is 33.1 Å². The molecule has 3 rings (SSSR count). The van der Waals surface area contributed by atoms with Gasteiger partial charge in [-0.25, -0.2) is 0 Å². The summed E-state index contributed by atoms with van der Waals surface area (Å²) in [6.07, 6.45) is 2.61. The highest BCUT2D eigenvalue weighted by atomic mass is 16.2. The maximum atomic E-state index is 12.6. The number of piperazine rings is 1. The number of anilines is 1. The first kappa shape index (κ1) is 17.5. The predicted molar refractivity (Wildman–Crippen MR) is 104 cm³/mol. The smallest absolute Gasteiger partial charge is 0.227 e. The number of benzene rings is 2. The van der Waals surface area contributed by atoms with Crippen LogP contribution in [0.1, 0.15) is 30.5 Å². The van der Waals surface area contributed by atoms with Gasteiger partial charge in [0.1, 0.15) is 0 Å². The summed E-state index contributed by atoms with van der Waals surface area (Å²) in [5.41, 5.74) is 5.34. The van der Waals surface area contributed by atoms with E-state index in [0.29, 0.717) is 6.42 Å². The molecule has 3 nitrogen and oxygen atoms in total. The first-order chi connectivity index (χ1) is 12.2. The average molecular weight is 336 g/mol. The molecule has 2 aromatic carbocycles. The zero-order valence-electron chi connectivity index (χ0n) is 15.4. The van der Waals surface area contributed by atoms with Gasteiger partial charge in [0, 0.05) is 31.9 Å². The largest absolute Gasteiger partial charge is 0.368 e.